The molecule has 4 heterocycles. The van der Waals surface area contributed by atoms with E-state index in [0.717, 1.165) is 23.7 Å². The van der Waals surface area contributed by atoms with Crippen LogP contribution in [0.4, 0.5) is 5.69 Å². The molecule has 0 unspecified atom stereocenters. The van der Waals surface area contributed by atoms with E-state index < -0.39 is 11.6 Å². The molecule has 4 aliphatic rings. The molecule has 0 amide bonds. The number of ether oxygens (including phenoxy) is 4. The van der Waals surface area contributed by atoms with Crippen molar-refractivity contribution in [2.75, 3.05) is 18.6 Å². The Labute approximate surface area is 146 Å². The van der Waals surface area contributed by atoms with Gasteiger partial charge in [0.1, 0.15) is 18.3 Å². The highest BCUT2D eigenvalue weighted by atomic mass is 35.5. The standard InChI is InChI=1S/C18H22ClNO4/c1-17(2)22-15-14-13-12(18(21-3,23-14)16(15)24-17)7-8-20(13)11-6-4-5-10(19)9-11/h4-6,9,12-16H,7-8H2,1-3H3/t12-,13+,14+,15-,16-,18-/m0/s1. The second-order valence-electron chi connectivity index (χ2n) is 7.59. The Balaban J connectivity index is 1.53. The number of halogens is 1. The van der Waals surface area contributed by atoms with Crippen LogP contribution in [0.15, 0.2) is 24.3 Å². The molecule has 6 heteroatoms. The van der Waals surface area contributed by atoms with Crippen LogP contribution >= 0.6 is 11.6 Å². The summed E-state index contributed by atoms with van der Waals surface area (Å²) in [6, 6.07) is 8.24. The van der Waals surface area contributed by atoms with Gasteiger partial charge in [-0.15, -0.1) is 0 Å². The van der Waals surface area contributed by atoms with Crippen molar-refractivity contribution in [1.29, 1.82) is 0 Å². The fourth-order valence-electron chi connectivity index (χ4n) is 5.18. The fraction of sp³-hybridized carbons (Fsp3) is 0.667. The number of hydrogen-bond donors (Lipinski definition) is 0. The van der Waals surface area contributed by atoms with Gasteiger partial charge in [0.15, 0.2) is 5.79 Å². The summed E-state index contributed by atoms with van der Waals surface area (Å²) in [4.78, 5) is 2.40. The first-order valence-corrected chi connectivity index (χ1v) is 8.94. The molecule has 4 aliphatic heterocycles. The molecule has 6 atom stereocenters. The number of methoxy groups -OCH3 is 1. The lowest BCUT2D eigenvalue weighted by atomic mass is 9.79. The molecule has 0 radical (unpaired) electrons. The highest BCUT2D eigenvalue weighted by molar-refractivity contribution is 6.30. The molecule has 0 aliphatic carbocycles. The fourth-order valence-corrected chi connectivity index (χ4v) is 5.37. The maximum Gasteiger partial charge on any atom is 0.202 e. The Kier molecular flexibility index (Phi) is 3.12. The summed E-state index contributed by atoms with van der Waals surface area (Å²) in [5.74, 6) is -1.04. The maximum atomic E-state index is 6.37. The Morgan fingerprint density at radius 3 is 2.79 bits per heavy atom. The first kappa shape index (κ1) is 15.4. The van der Waals surface area contributed by atoms with Gasteiger partial charge in [0.05, 0.1) is 6.04 Å². The predicted molar refractivity (Wildman–Crippen MR) is 89.1 cm³/mol. The second kappa shape index (κ2) is 4.86. The summed E-state index contributed by atoms with van der Waals surface area (Å²) in [5, 5.41) is 0.751. The lowest BCUT2D eigenvalue weighted by molar-refractivity contribution is -0.276. The molecule has 5 rings (SSSR count). The molecular formula is C18H22ClNO4. The van der Waals surface area contributed by atoms with E-state index in [2.05, 4.69) is 11.0 Å². The van der Waals surface area contributed by atoms with Gasteiger partial charge >= 0.3 is 0 Å². The summed E-state index contributed by atoms with van der Waals surface area (Å²) in [7, 11) is 1.72. The second-order valence-corrected chi connectivity index (χ2v) is 8.02. The minimum atomic E-state index is -0.707. The predicted octanol–water partition coefficient (Wildman–Crippen LogP) is 2.81. The molecule has 4 saturated heterocycles. The van der Waals surface area contributed by atoms with Crippen molar-refractivity contribution < 1.29 is 18.9 Å². The van der Waals surface area contributed by atoms with E-state index in [1.54, 1.807) is 7.11 Å². The highest BCUT2D eigenvalue weighted by Crippen LogP contribution is 2.59. The van der Waals surface area contributed by atoms with Gasteiger partial charge in [-0.1, -0.05) is 17.7 Å². The van der Waals surface area contributed by atoms with Crippen molar-refractivity contribution in [2.24, 2.45) is 5.92 Å². The van der Waals surface area contributed by atoms with Crippen molar-refractivity contribution in [1.82, 2.24) is 0 Å². The van der Waals surface area contributed by atoms with Crippen LogP contribution in [0, 0.1) is 5.92 Å². The van der Waals surface area contributed by atoms with Crippen LogP contribution in [0.5, 0.6) is 0 Å². The van der Waals surface area contributed by atoms with Crippen molar-refractivity contribution in [3.05, 3.63) is 29.3 Å². The molecule has 0 N–H and O–H groups in total. The smallest absolute Gasteiger partial charge is 0.202 e. The van der Waals surface area contributed by atoms with Gasteiger partial charge in [0.25, 0.3) is 0 Å². The Hall–Kier alpha value is -0.850. The summed E-state index contributed by atoms with van der Waals surface area (Å²) in [6.07, 6.45) is 0.696. The van der Waals surface area contributed by atoms with Crippen LogP contribution in [0.2, 0.25) is 5.02 Å². The minimum absolute atomic E-state index is 0.0526. The molecule has 4 fully saturated rings. The van der Waals surface area contributed by atoms with Crippen LogP contribution in [-0.4, -0.2) is 49.6 Å². The molecule has 1 aromatic carbocycles. The van der Waals surface area contributed by atoms with E-state index in [0.29, 0.717) is 0 Å². The van der Waals surface area contributed by atoms with Crippen LogP contribution in [0.25, 0.3) is 0 Å². The third-order valence-corrected chi connectivity index (χ3v) is 6.17. The van der Waals surface area contributed by atoms with Crippen molar-refractivity contribution in [3.8, 4) is 0 Å². The minimum Gasteiger partial charge on any atom is -0.365 e. The topological polar surface area (TPSA) is 40.2 Å². The lowest BCUT2D eigenvalue weighted by Crippen LogP contribution is -2.57. The quantitative estimate of drug-likeness (QED) is 0.819. The number of hydrogen-bond acceptors (Lipinski definition) is 5. The average Bonchev–Trinajstić information content (AvgIpc) is 3.22. The Bertz CT molecular complexity index is 683. The van der Waals surface area contributed by atoms with Gasteiger partial charge in [-0.3, -0.25) is 0 Å². The van der Waals surface area contributed by atoms with Gasteiger partial charge in [0, 0.05) is 30.3 Å². The van der Waals surface area contributed by atoms with E-state index in [-0.39, 0.29) is 30.3 Å². The van der Waals surface area contributed by atoms with Gasteiger partial charge in [-0.2, -0.15) is 0 Å². The summed E-state index contributed by atoms with van der Waals surface area (Å²) >= 11 is 6.20. The van der Waals surface area contributed by atoms with E-state index in [9.17, 15) is 0 Å². The van der Waals surface area contributed by atoms with Gasteiger partial charge in [-0.05, 0) is 38.5 Å². The monoisotopic (exact) mass is 351 g/mol. The number of nitrogens with zero attached hydrogens (tertiary/aromatic N) is 1. The number of rotatable bonds is 2. The molecular weight excluding hydrogens is 330 g/mol. The van der Waals surface area contributed by atoms with Crippen LogP contribution < -0.4 is 4.90 Å². The molecule has 24 heavy (non-hydrogen) atoms. The summed E-state index contributed by atoms with van der Waals surface area (Å²) < 4.78 is 24.6. The summed E-state index contributed by atoms with van der Waals surface area (Å²) in [6.45, 7) is 4.88. The molecule has 130 valence electrons. The molecule has 0 aromatic heterocycles. The normalized spacial score (nSPS) is 44.8. The molecule has 5 nitrogen and oxygen atoms in total. The van der Waals surface area contributed by atoms with Crippen LogP contribution in [0.3, 0.4) is 0 Å². The zero-order valence-electron chi connectivity index (χ0n) is 14.1. The largest absolute Gasteiger partial charge is 0.365 e. The first-order chi connectivity index (χ1) is 11.5. The zero-order valence-corrected chi connectivity index (χ0v) is 14.8. The summed E-state index contributed by atoms with van der Waals surface area (Å²) in [5.41, 5.74) is 1.13. The lowest BCUT2D eigenvalue weighted by Gasteiger charge is -2.38. The third kappa shape index (κ3) is 1.85. The number of benzene rings is 1. The molecule has 0 saturated carbocycles. The number of anilines is 1. The molecule has 0 spiro atoms. The number of fused-ring (bicyclic) bond motifs is 8. The Morgan fingerprint density at radius 1 is 1.21 bits per heavy atom. The molecule has 2 bridgehead atoms. The van der Waals surface area contributed by atoms with Crippen molar-refractivity contribution in [2.45, 2.75) is 56.2 Å². The molecule has 1 aromatic rings. The van der Waals surface area contributed by atoms with Gasteiger partial charge in [-0.25, -0.2) is 0 Å². The van der Waals surface area contributed by atoms with Crippen LogP contribution in [0.1, 0.15) is 20.3 Å². The van der Waals surface area contributed by atoms with E-state index in [4.69, 9.17) is 30.5 Å². The van der Waals surface area contributed by atoms with E-state index in [1.807, 2.05) is 32.0 Å². The Morgan fingerprint density at radius 2 is 2.04 bits per heavy atom. The third-order valence-electron chi connectivity index (χ3n) is 5.94. The highest BCUT2D eigenvalue weighted by Gasteiger charge is 2.76. The average molecular weight is 352 g/mol. The van der Waals surface area contributed by atoms with Crippen LogP contribution in [-0.2, 0) is 18.9 Å². The van der Waals surface area contributed by atoms with Crippen molar-refractivity contribution in [3.63, 3.8) is 0 Å². The van der Waals surface area contributed by atoms with Crippen molar-refractivity contribution >= 4 is 17.3 Å². The van der Waals surface area contributed by atoms with E-state index >= 15 is 0 Å². The maximum absolute atomic E-state index is 6.37. The van der Waals surface area contributed by atoms with Gasteiger partial charge < -0.3 is 23.8 Å². The SMILES string of the molecule is CO[C@@]12O[C@@H]([C@@H]3OC(C)(C)O[C@@H]31)[C@H]1[C@@H]2CCN1c1cccc(Cl)c1. The zero-order chi connectivity index (χ0) is 16.7. The van der Waals surface area contributed by atoms with E-state index in [1.165, 1.54) is 0 Å². The first-order valence-electron chi connectivity index (χ1n) is 8.56. The van der Waals surface area contributed by atoms with Gasteiger partial charge in [0.2, 0.25) is 5.79 Å².